The maximum atomic E-state index is 5.29. The molecule has 0 unspecified atom stereocenters. The number of hydrogen-bond acceptors (Lipinski definition) is 2. The molecule has 0 aliphatic heterocycles. The van der Waals surface area contributed by atoms with Crippen molar-refractivity contribution in [2.75, 3.05) is 14.2 Å². The molecule has 2 nitrogen and oxygen atoms in total. The molecule has 0 fully saturated rings. The molecule has 14 heavy (non-hydrogen) atoms. The SMILES string of the molecule is C=C(C)c1c(C)cc(OC)cc1OC. The molecule has 1 rings (SSSR count). The monoisotopic (exact) mass is 192 g/mol. The quantitative estimate of drug-likeness (QED) is 0.732. The Labute approximate surface area is 85.2 Å². The summed E-state index contributed by atoms with van der Waals surface area (Å²) in [6.45, 7) is 7.92. The lowest BCUT2D eigenvalue weighted by molar-refractivity contribution is 0.393. The maximum absolute atomic E-state index is 5.29. The highest BCUT2D eigenvalue weighted by atomic mass is 16.5. The summed E-state index contributed by atoms with van der Waals surface area (Å²) >= 11 is 0. The summed E-state index contributed by atoms with van der Waals surface area (Å²) in [6, 6.07) is 3.85. The summed E-state index contributed by atoms with van der Waals surface area (Å²) < 4.78 is 10.5. The molecule has 0 heterocycles. The standard InChI is InChI=1S/C12H16O2/c1-8(2)12-9(3)6-10(13-4)7-11(12)14-5/h6-7H,1H2,2-5H3. The molecule has 0 N–H and O–H groups in total. The average molecular weight is 192 g/mol. The molecule has 0 radical (unpaired) electrons. The van der Waals surface area contributed by atoms with Crippen molar-refractivity contribution in [3.05, 3.63) is 29.8 Å². The number of ether oxygens (including phenoxy) is 2. The van der Waals surface area contributed by atoms with E-state index >= 15 is 0 Å². The number of allylic oxidation sites excluding steroid dienone is 1. The zero-order valence-corrected chi connectivity index (χ0v) is 9.18. The minimum Gasteiger partial charge on any atom is -0.497 e. The Balaban J connectivity index is 3.34. The Morgan fingerprint density at radius 3 is 2.29 bits per heavy atom. The van der Waals surface area contributed by atoms with Gasteiger partial charge in [0.2, 0.25) is 0 Å². The van der Waals surface area contributed by atoms with Crippen LogP contribution in [0.4, 0.5) is 0 Å². The molecule has 0 bridgehead atoms. The van der Waals surface area contributed by atoms with Crippen molar-refractivity contribution in [2.24, 2.45) is 0 Å². The van der Waals surface area contributed by atoms with E-state index < -0.39 is 0 Å². The zero-order chi connectivity index (χ0) is 10.7. The molecule has 2 heteroatoms. The van der Waals surface area contributed by atoms with Gasteiger partial charge in [-0.1, -0.05) is 6.58 Å². The number of benzene rings is 1. The van der Waals surface area contributed by atoms with Gasteiger partial charge in [-0.3, -0.25) is 0 Å². The van der Waals surface area contributed by atoms with Gasteiger partial charge in [0.1, 0.15) is 11.5 Å². The van der Waals surface area contributed by atoms with Crippen LogP contribution in [0.3, 0.4) is 0 Å². The predicted octanol–water partition coefficient (Wildman–Crippen LogP) is 3.05. The van der Waals surface area contributed by atoms with Crippen LogP contribution in [0.1, 0.15) is 18.1 Å². The van der Waals surface area contributed by atoms with Crippen molar-refractivity contribution < 1.29 is 9.47 Å². The van der Waals surface area contributed by atoms with Gasteiger partial charge in [0.05, 0.1) is 14.2 Å². The maximum Gasteiger partial charge on any atom is 0.130 e. The first-order chi connectivity index (χ1) is 6.60. The van der Waals surface area contributed by atoms with E-state index in [1.165, 1.54) is 0 Å². The molecule has 1 aromatic carbocycles. The third kappa shape index (κ3) is 1.90. The number of rotatable bonds is 3. The van der Waals surface area contributed by atoms with E-state index in [4.69, 9.17) is 9.47 Å². The first-order valence-corrected chi connectivity index (χ1v) is 4.48. The normalized spacial score (nSPS) is 9.71. The molecule has 1 aromatic rings. The van der Waals surface area contributed by atoms with Crippen molar-refractivity contribution in [3.63, 3.8) is 0 Å². The summed E-state index contributed by atoms with van der Waals surface area (Å²) in [5.41, 5.74) is 3.18. The van der Waals surface area contributed by atoms with E-state index in [2.05, 4.69) is 6.58 Å². The molecule has 0 saturated carbocycles. The van der Waals surface area contributed by atoms with Gasteiger partial charge in [-0.2, -0.15) is 0 Å². The fraction of sp³-hybridized carbons (Fsp3) is 0.333. The fourth-order valence-corrected chi connectivity index (χ4v) is 1.55. The largest absolute Gasteiger partial charge is 0.497 e. The molecule has 76 valence electrons. The van der Waals surface area contributed by atoms with Crippen LogP contribution in [-0.4, -0.2) is 14.2 Å². The molecular formula is C12H16O2. The summed E-state index contributed by atoms with van der Waals surface area (Å²) in [4.78, 5) is 0. The molecule has 0 spiro atoms. The van der Waals surface area contributed by atoms with E-state index in [1.807, 2.05) is 26.0 Å². The van der Waals surface area contributed by atoms with Crippen LogP contribution in [0.5, 0.6) is 11.5 Å². The zero-order valence-electron chi connectivity index (χ0n) is 9.18. The predicted molar refractivity (Wildman–Crippen MR) is 59.0 cm³/mol. The lowest BCUT2D eigenvalue weighted by Gasteiger charge is -2.13. The van der Waals surface area contributed by atoms with Crippen LogP contribution in [-0.2, 0) is 0 Å². The molecule has 0 aliphatic carbocycles. The molecular weight excluding hydrogens is 176 g/mol. The van der Waals surface area contributed by atoms with Crippen molar-refractivity contribution in [2.45, 2.75) is 13.8 Å². The Bertz CT molecular complexity index is 354. The van der Waals surface area contributed by atoms with E-state index in [0.717, 1.165) is 28.2 Å². The second kappa shape index (κ2) is 4.18. The van der Waals surface area contributed by atoms with E-state index in [0.29, 0.717) is 0 Å². The summed E-state index contributed by atoms with van der Waals surface area (Å²) in [5.74, 6) is 1.62. The lowest BCUT2D eigenvalue weighted by atomic mass is 10.0. The van der Waals surface area contributed by atoms with Gasteiger partial charge >= 0.3 is 0 Å². The van der Waals surface area contributed by atoms with Gasteiger partial charge in [0.25, 0.3) is 0 Å². The first-order valence-electron chi connectivity index (χ1n) is 4.48. The van der Waals surface area contributed by atoms with Crippen LogP contribution in [0.15, 0.2) is 18.7 Å². The minimum absolute atomic E-state index is 0.810. The van der Waals surface area contributed by atoms with Crippen molar-refractivity contribution in [1.29, 1.82) is 0 Å². The summed E-state index contributed by atoms with van der Waals surface area (Å²) in [6.07, 6.45) is 0. The molecule has 0 saturated heterocycles. The first kappa shape index (κ1) is 10.6. The van der Waals surface area contributed by atoms with Gasteiger partial charge in [-0.05, 0) is 31.1 Å². The van der Waals surface area contributed by atoms with Crippen LogP contribution < -0.4 is 9.47 Å². The number of aryl methyl sites for hydroxylation is 1. The van der Waals surface area contributed by atoms with E-state index in [9.17, 15) is 0 Å². The van der Waals surface area contributed by atoms with E-state index in [-0.39, 0.29) is 0 Å². The highest BCUT2D eigenvalue weighted by Gasteiger charge is 2.09. The Hall–Kier alpha value is -1.44. The van der Waals surface area contributed by atoms with Gasteiger partial charge in [-0.25, -0.2) is 0 Å². The molecule has 0 aromatic heterocycles. The highest BCUT2D eigenvalue weighted by Crippen LogP contribution is 2.32. The minimum atomic E-state index is 0.810. The van der Waals surface area contributed by atoms with Crippen molar-refractivity contribution in [3.8, 4) is 11.5 Å². The van der Waals surface area contributed by atoms with Crippen LogP contribution in [0.2, 0.25) is 0 Å². The van der Waals surface area contributed by atoms with Gasteiger partial charge < -0.3 is 9.47 Å². The lowest BCUT2D eigenvalue weighted by Crippen LogP contribution is -1.94. The molecule has 0 amide bonds. The third-order valence-corrected chi connectivity index (χ3v) is 2.16. The van der Waals surface area contributed by atoms with Crippen LogP contribution in [0, 0.1) is 6.92 Å². The van der Waals surface area contributed by atoms with E-state index in [1.54, 1.807) is 14.2 Å². The Morgan fingerprint density at radius 1 is 1.21 bits per heavy atom. The summed E-state index contributed by atoms with van der Waals surface area (Å²) in [7, 11) is 3.30. The van der Waals surface area contributed by atoms with Gasteiger partial charge in [-0.15, -0.1) is 0 Å². The van der Waals surface area contributed by atoms with Crippen molar-refractivity contribution >= 4 is 5.57 Å². The summed E-state index contributed by atoms with van der Waals surface area (Å²) in [5, 5.41) is 0. The van der Waals surface area contributed by atoms with Crippen LogP contribution in [0.25, 0.3) is 5.57 Å². The Morgan fingerprint density at radius 2 is 1.86 bits per heavy atom. The van der Waals surface area contributed by atoms with Gasteiger partial charge in [0, 0.05) is 11.6 Å². The third-order valence-electron chi connectivity index (χ3n) is 2.16. The molecule has 0 atom stereocenters. The fourth-order valence-electron chi connectivity index (χ4n) is 1.55. The smallest absolute Gasteiger partial charge is 0.130 e. The Kier molecular flexibility index (Phi) is 3.18. The van der Waals surface area contributed by atoms with Gasteiger partial charge in [0.15, 0.2) is 0 Å². The topological polar surface area (TPSA) is 18.5 Å². The number of methoxy groups -OCH3 is 2. The second-order valence-corrected chi connectivity index (χ2v) is 3.30. The van der Waals surface area contributed by atoms with Crippen molar-refractivity contribution in [1.82, 2.24) is 0 Å². The van der Waals surface area contributed by atoms with Crippen LogP contribution >= 0.6 is 0 Å². The number of hydrogen-bond donors (Lipinski definition) is 0. The highest BCUT2D eigenvalue weighted by molar-refractivity contribution is 5.71. The molecule has 0 aliphatic rings. The second-order valence-electron chi connectivity index (χ2n) is 3.30. The average Bonchev–Trinajstić information content (AvgIpc) is 2.15.